The van der Waals surface area contributed by atoms with Crippen LogP contribution in [-0.4, -0.2) is 159 Å². The highest BCUT2D eigenvalue weighted by atomic mass is 16.7. The fourth-order valence-corrected chi connectivity index (χ4v) is 10.8. The molecule has 73 heavy (non-hydrogen) atoms. The van der Waals surface area contributed by atoms with Crippen LogP contribution in [0.4, 0.5) is 5.69 Å². The minimum atomic E-state index is -1.70. The molecule has 22 heteroatoms. The molecule has 2 aliphatic heterocycles. The number of rotatable bonds is 21. The maximum Gasteiger partial charge on any atom is 0.338 e. The van der Waals surface area contributed by atoms with Gasteiger partial charge in [-0.1, -0.05) is 62.4 Å². The number of ketones is 1. The smallest absolute Gasteiger partial charge is 0.338 e. The number of ether oxygens (including phenoxy) is 6. The molecule has 2 saturated carbocycles. The van der Waals surface area contributed by atoms with Crippen LogP contribution in [0.5, 0.6) is 0 Å². The molecule has 0 radical (unpaired) electrons. The van der Waals surface area contributed by atoms with Gasteiger partial charge in [0.1, 0.15) is 49.1 Å². The molecule has 0 spiro atoms. The number of aryl methyl sites for hydroxylation is 1. The number of nitro groups is 1. The maximum atomic E-state index is 14.2. The van der Waals surface area contributed by atoms with Crippen LogP contribution in [0.15, 0.2) is 67.0 Å². The Balaban J connectivity index is 0.993. The molecule has 4 heterocycles. The summed E-state index contributed by atoms with van der Waals surface area (Å²) in [5.74, 6) is -3.28. The molecule has 4 aliphatic rings. The SMILES string of the molecule is CC1O[C@@H](O[C@@H]2C(C)CC(C(=O)CCCCc3cn(Cn4ccc5cc([N+](=O)[O-])ccc54)nn3)C[C@H]2O[C@@H]2O[C@@H](CO)[C@H](O)C(O[C@@H](CC3CCCCC3)C(=O)O)C2OC(=O)c2ccccc2)C(O)[C@@H](O)[C@@H]1O. The van der Waals surface area contributed by atoms with Crippen LogP contribution in [0.1, 0.15) is 101 Å². The molecule has 0 bridgehead atoms. The lowest BCUT2D eigenvalue weighted by Gasteiger charge is -2.48. The molecule has 2 saturated heterocycles. The van der Waals surface area contributed by atoms with Crippen LogP contribution in [-0.2, 0) is 51.1 Å². The van der Waals surface area contributed by atoms with E-state index in [1.54, 1.807) is 35.0 Å². The summed E-state index contributed by atoms with van der Waals surface area (Å²) in [6.45, 7) is 2.89. The number of carboxylic acids is 1. The lowest BCUT2D eigenvalue weighted by Crippen LogP contribution is -2.64. The highest BCUT2D eigenvalue weighted by Gasteiger charge is 2.54. The van der Waals surface area contributed by atoms with Gasteiger partial charge < -0.3 is 63.6 Å². The number of aliphatic hydroxyl groups excluding tert-OH is 5. The van der Waals surface area contributed by atoms with Crippen molar-refractivity contribution in [3.63, 3.8) is 0 Å². The van der Waals surface area contributed by atoms with Crippen molar-refractivity contribution < 1.29 is 78.4 Å². The minimum absolute atomic E-state index is 0.00199. The number of aromatic nitrogens is 4. The first-order valence-electron chi connectivity index (χ1n) is 25.3. The van der Waals surface area contributed by atoms with Gasteiger partial charge in [-0.25, -0.2) is 14.3 Å². The van der Waals surface area contributed by atoms with E-state index in [1.807, 2.05) is 23.9 Å². The van der Waals surface area contributed by atoms with Crippen LogP contribution in [0.2, 0.25) is 0 Å². The predicted molar refractivity (Wildman–Crippen MR) is 255 cm³/mol. The second kappa shape index (κ2) is 24.4. The van der Waals surface area contributed by atoms with Crippen molar-refractivity contribution >= 4 is 34.3 Å². The van der Waals surface area contributed by atoms with Gasteiger partial charge in [-0.2, -0.15) is 0 Å². The van der Waals surface area contributed by atoms with Crippen LogP contribution < -0.4 is 0 Å². The fraction of sp³-hybridized carbons (Fsp3) is 0.627. The molecule has 2 aromatic carbocycles. The first-order valence-corrected chi connectivity index (χ1v) is 25.3. The van der Waals surface area contributed by atoms with Crippen molar-refractivity contribution in [3.8, 4) is 0 Å². The number of benzene rings is 2. The molecule has 398 valence electrons. The van der Waals surface area contributed by atoms with Gasteiger partial charge in [-0.15, -0.1) is 5.10 Å². The largest absolute Gasteiger partial charge is 0.479 e. The lowest BCUT2D eigenvalue weighted by atomic mass is 9.75. The van der Waals surface area contributed by atoms with E-state index in [4.69, 9.17) is 28.4 Å². The van der Waals surface area contributed by atoms with E-state index in [-0.39, 0.29) is 42.2 Å². The third kappa shape index (κ3) is 13.0. The highest BCUT2D eigenvalue weighted by Crippen LogP contribution is 2.40. The van der Waals surface area contributed by atoms with E-state index in [0.29, 0.717) is 38.0 Å². The number of carboxylic acid groups (broad SMARTS) is 1. The topological polar surface area (TPSA) is 307 Å². The van der Waals surface area contributed by atoms with Crippen molar-refractivity contribution in [2.24, 2.45) is 17.8 Å². The van der Waals surface area contributed by atoms with Gasteiger partial charge in [0, 0.05) is 36.1 Å². The number of esters is 1. The summed E-state index contributed by atoms with van der Waals surface area (Å²) in [6, 6.07) is 14.4. The first-order chi connectivity index (χ1) is 35.1. The molecular formula is C51H67N5O17. The molecule has 4 aromatic rings. The van der Waals surface area contributed by atoms with Crippen molar-refractivity contribution in [3.05, 3.63) is 88.4 Å². The summed E-state index contributed by atoms with van der Waals surface area (Å²) in [7, 11) is 0. The van der Waals surface area contributed by atoms with E-state index >= 15 is 0 Å². The molecule has 2 aromatic heterocycles. The zero-order valence-corrected chi connectivity index (χ0v) is 40.9. The molecule has 15 atom stereocenters. The molecule has 2 aliphatic carbocycles. The zero-order chi connectivity index (χ0) is 51.9. The van der Waals surface area contributed by atoms with E-state index in [2.05, 4.69) is 10.3 Å². The number of carbonyl (C=O) groups excluding carboxylic acids is 2. The van der Waals surface area contributed by atoms with Crippen LogP contribution in [0.25, 0.3) is 10.9 Å². The number of non-ortho nitro benzene ring substituents is 1. The number of fused-ring (bicyclic) bond motifs is 1. The number of hydrogen-bond donors (Lipinski definition) is 6. The van der Waals surface area contributed by atoms with Gasteiger partial charge in [0.05, 0.1) is 52.8 Å². The summed E-state index contributed by atoms with van der Waals surface area (Å²) >= 11 is 0. The van der Waals surface area contributed by atoms with Gasteiger partial charge >= 0.3 is 11.9 Å². The van der Waals surface area contributed by atoms with Crippen molar-refractivity contribution in [1.29, 1.82) is 0 Å². The quantitative estimate of drug-likeness (QED) is 0.0300. The summed E-state index contributed by atoms with van der Waals surface area (Å²) in [5, 5.41) is 85.5. The lowest BCUT2D eigenvalue weighted by molar-refractivity contribution is -0.384. The van der Waals surface area contributed by atoms with E-state index in [9.17, 15) is 55.1 Å². The second-order valence-electron chi connectivity index (χ2n) is 20.1. The number of nitrogens with zero attached hydrogens (tertiary/aromatic N) is 5. The Labute approximate surface area is 421 Å². The minimum Gasteiger partial charge on any atom is -0.479 e. The number of nitro benzene ring substituents is 1. The molecule has 6 unspecified atom stereocenters. The van der Waals surface area contributed by atoms with Crippen LogP contribution in [0.3, 0.4) is 0 Å². The number of hydrogen-bond acceptors (Lipinski definition) is 18. The van der Waals surface area contributed by atoms with E-state index in [1.165, 1.54) is 31.2 Å². The molecule has 6 N–H and O–H groups in total. The summed E-state index contributed by atoms with van der Waals surface area (Å²) in [4.78, 5) is 51.7. The van der Waals surface area contributed by atoms with Crippen molar-refractivity contribution in [2.45, 2.75) is 177 Å². The second-order valence-corrected chi connectivity index (χ2v) is 20.1. The number of Topliss-reactive ketones (excluding diaryl/α,β-unsaturated/α-hetero) is 1. The van der Waals surface area contributed by atoms with Crippen LogP contribution >= 0.6 is 0 Å². The van der Waals surface area contributed by atoms with Crippen molar-refractivity contribution in [1.82, 2.24) is 19.6 Å². The normalized spacial score (nSPS) is 31.5. The maximum absolute atomic E-state index is 14.2. The van der Waals surface area contributed by atoms with Gasteiger partial charge in [-0.3, -0.25) is 14.9 Å². The third-order valence-corrected chi connectivity index (χ3v) is 14.8. The Morgan fingerprint density at radius 1 is 0.877 bits per heavy atom. The monoisotopic (exact) mass is 1020 g/mol. The van der Waals surface area contributed by atoms with E-state index < -0.39 is 115 Å². The predicted octanol–water partition coefficient (Wildman–Crippen LogP) is 3.69. The Kier molecular flexibility index (Phi) is 18.0. The Morgan fingerprint density at radius 2 is 1.64 bits per heavy atom. The summed E-state index contributed by atoms with van der Waals surface area (Å²) in [5.41, 5.74) is 1.64. The highest BCUT2D eigenvalue weighted by molar-refractivity contribution is 5.89. The summed E-state index contributed by atoms with van der Waals surface area (Å²) in [6.07, 6.45) is -8.22. The van der Waals surface area contributed by atoms with Crippen molar-refractivity contribution in [2.75, 3.05) is 6.61 Å². The molecule has 22 nitrogen and oxygen atoms in total. The van der Waals surface area contributed by atoms with E-state index in [0.717, 1.165) is 43.0 Å². The zero-order valence-electron chi connectivity index (χ0n) is 40.9. The Hall–Kier alpha value is -5.27. The van der Waals surface area contributed by atoms with Crippen LogP contribution in [0, 0.1) is 27.9 Å². The number of carbonyl (C=O) groups is 3. The molecule has 8 rings (SSSR count). The number of unbranched alkanes of at least 4 members (excludes halogenated alkanes) is 1. The Morgan fingerprint density at radius 3 is 2.37 bits per heavy atom. The standard InChI is InChI=1S/C51H67N5O17/c1-28-21-33(37(58)16-10-9-15-34-25-55(53-52-34)27-54-20-19-32-23-35(56(66)67)17-18-36(32)54)24-38(45(28)73-50-44(62)43(61)41(59)29(2)68-50)70-51-47(72-49(65)31-13-7-4-8-14-31)46(42(60)40(26-57)71-51)69-39(48(63)64)22-30-11-5-3-6-12-30/h4,7-8,13-14,17-20,23,25,28-30,33,38-47,50-51,57,59-62H,3,5-6,9-12,15-16,21-22,24,26-27H2,1-2H3,(H,63,64)/t28?,29?,33?,38-,39+,40+,41-,42+,43+,44?,45-,46?,47?,50+,51-/m1/s1. The van der Waals surface area contributed by atoms with Gasteiger partial charge in [0.25, 0.3) is 5.69 Å². The fourth-order valence-electron chi connectivity index (χ4n) is 10.8. The molecular weight excluding hydrogens is 955 g/mol. The average Bonchev–Trinajstić information content (AvgIpc) is 4.02. The Bertz CT molecular complexity index is 2480. The average molecular weight is 1020 g/mol. The number of aliphatic carboxylic acids is 1. The summed E-state index contributed by atoms with van der Waals surface area (Å²) < 4.78 is 41.1. The number of aliphatic hydroxyl groups is 5. The first kappa shape index (κ1) is 54.0. The van der Waals surface area contributed by atoms with Gasteiger partial charge in [-0.05, 0) is 81.5 Å². The molecule has 4 fully saturated rings. The van der Waals surface area contributed by atoms with Gasteiger partial charge in [0.15, 0.2) is 24.8 Å². The molecule has 0 amide bonds. The van der Waals surface area contributed by atoms with Gasteiger partial charge in [0.2, 0.25) is 0 Å². The third-order valence-electron chi connectivity index (χ3n) is 14.8.